The summed E-state index contributed by atoms with van der Waals surface area (Å²) in [4.78, 5) is 54.4. The SMILES string of the molecule is C[C@H](c1ccc(-c2ncc[nH]2)s1)N(C(=O)[C@@H]1CC2(CN1C(=O)CNC(=O)c1ccc3c(c1)-c1ccccc1C3(F)F)OCCO2)c1ccccc1. The number of fused-ring (bicyclic) bond motifs is 3. The first kappa shape index (κ1) is 32.9. The summed E-state index contributed by atoms with van der Waals surface area (Å²) in [6.07, 6.45) is 3.55. The molecule has 2 fully saturated rings. The van der Waals surface area contributed by atoms with Gasteiger partial charge in [0.15, 0.2) is 5.79 Å². The van der Waals surface area contributed by atoms with Gasteiger partial charge in [-0.1, -0.05) is 48.5 Å². The molecule has 0 unspecified atom stereocenters. The third kappa shape index (κ3) is 5.80. The van der Waals surface area contributed by atoms with Gasteiger partial charge in [0.1, 0.15) is 11.9 Å². The van der Waals surface area contributed by atoms with E-state index in [-0.39, 0.29) is 41.1 Å². The summed E-state index contributed by atoms with van der Waals surface area (Å²) in [5.41, 5.74) is 1.14. The Morgan fingerprint density at radius 3 is 2.51 bits per heavy atom. The van der Waals surface area contributed by atoms with Gasteiger partial charge in [-0.3, -0.25) is 14.4 Å². The van der Waals surface area contributed by atoms with Gasteiger partial charge in [0.2, 0.25) is 5.91 Å². The molecule has 2 N–H and O–H groups in total. The van der Waals surface area contributed by atoms with Gasteiger partial charge in [0, 0.05) is 46.1 Å². The number of aromatic amines is 1. The molecule has 1 spiro atoms. The average Bonchev–Trinajstić information content (AvgIpc) is 4.00. The summed E-state index contributed by atoms with van der Waals surface area (Å²) in [7, 11) is 0. The maximum atomic E-state index is 15.1. The Morgan fingerprint density at radius 2 is 1.75 bits per heavy atom. The third-order valence-corrected chi connectivity index (χ3v) is 11.0. The van der Waals surface area contributed by atoms with Crippen LogP contribution in [-0.4, -0.2) is 70.7 Å². The fourth-order valence-electron chi connectivity index (χ4n) is 7.23. The molecule has 3 aromatic carbocycles. The van der Waals surface area contributed by atoms with E-state index in [0.29, 0.717) is 24.5 Å². The fraction of sp³-hybridized carbons (Fsp3) is 0.263. The highest BCUT2D eigenvalue weighted by Gasteiger charge is 2.54. The van der Waals surface area contributed by atoms with Crippen molar-refractivity contribution in [2.45, 2.75) is 37.1 Å². The van der Waals surface area contributed by atoms with Crippen molar-refractivity contribution in [2.75, 3.05) is 31.2 Å². The van der Waals surface area contributed by atoms with Gasteiger partial charge in [-0.25, -0.2) is 4.98 Å². The minimum atomic E-state index is -3.18. The molecule has 3 amide bonds. The van der Waals surface area contributed by atoms with E-state index in [1.807, 2.05) is 49.4 Å². The molecule has 260 valence electrons. The standard InChI is InChI=1S/C38H33F2N5O5S/c1-23(31-13-14-32(51-31)34-41-15-16-42-34)45(25-7-3-2-4-8-25)36(48)30-20-37(49-17-18-50-37)22-44(30)33(46)21-43-35(47)24-11-12-29-27(19-24)26-9-5-6-10-28(26)38(29,39)40/h2-16,19,23,30H,17-18,20-22H2,1H3,(H,41,42)(H,43,47)/t23-,30+/m1/s1. The first-order valence-electron chi connectivity index (χ1n) is 16.6. The summed E-state index contributed by atoms with van der Waals surface area (Å²) in [5, 5.41) is 2.64. The van der Waals surface area contributed by atoms with E-state index in [1.54, 1.807) is 35.5 Å². The second kappa shape index (κ2) is 12.8. The van der Waals surface area contributed by atoms with Crippen LogP contribution in [0.1, 0.15) is 45.7 Å². The molecule has 10 nitrogen and oxygen atoms in total. The van der Waals surface area contributed by atoms with Gasteiger partial charge in [0.05, 0.1) is 37.2 Å². The van der Waals surface area contributed by atoms with Gasteiger partial charge < -0.3 is 29.6 Å². The first-order valence-corrected chi connectivity index (χ1v) is 17.4. The van der Waals surface area contributed by atoms with E-state index in [1.165, 1.54) is 40.5 Å². The predicted octanol–water partition coefficient (Wildman–Crippen LogP) is 6.13. The number of hydrogen-bond acceptors (Lipinski definition) is 7. The highest BCUT2D eigenvalue weighted by atomic mass is 32.1. The van der Waals surface area contributed by atoms with Crippen molar-refractivity contribution >= 4 is 34.7 Å². The molecule has 4 heterocycles. The van der Waals surface area contributed by atoms with Gasteiger partial charge in [0.25, 0.3) is 17.7 Å². The molecule has 0 bridgehead atoms. The summed E-state index contributed by atoms with van der Waals surface area (Å²) in [6, 6.07) is 22.0. The fourth-order valence-corrected chi connectivity index (χ4v) is 8.24. The molecule has 51 heavy (non-hydrogen) atoms. The zero-order valence-corrected chi connectivity index (χ0v) is 28.3. The Bertz CT molecular complexity index is 2120. The molecule has 2 aliphatic heterocycles. The highest BCUT2D eigenvalue weighted by molar-refractivity contribution is 7.15. The van der Waals surface area contributed by atoms with Crippen LogP contribution in [0.2, 0.25) is 0 Å². The number of carbonyl (C=O) groups is 3. The lowest BCUT2D eigenvalue weighted by atomic mass is 10.0. The van der Waals surface area contributed by atoms with E-state index in [4.69, 9.17) is 9.47 Å². The molecule has 5 aromatic rings. The number of carbonyl (C=O) groups excluding carboxylic acids is 3. The zero-order valence-electron chi connectivity index (χ0n) is 27.5. The van der Waals surface area contributed by atoms with E-state index >= 15 is 8.78 Å². The number of imidazole rings is 1. The molecule has 8 rings (SSSR count). The third-order valence-electron chi connectivity index (χ3n) is 9.72. The maximum Gasteiger partial charge on any atom is 0.299 e. The zero-order chi connectivity index (χ0) is 35.3. The summed E-state index contributed by atoms with van der Waals surface area (Å²) < 4.78 is 42.1. The monoisotopic (exact) mass is 709 g/mol. The Kier molecular flexibility index (Phi) is 8.28. The Hall–Kier alpha value is -5.24. The average molecular weight is 710 g/mol. The number of aromatic nitrogens is 2. The molecule has 1 aliphatic carbocycles. The molecule has 3 aliphatic rings. The largest absolute Gasteiger partial charge is 0.346 e. The number of rotatable bonds is 8. The number of para-hydroxylation sites is 1. The lowest BCUT2D eigenvalue weighted by Crippen LogP contribution is -2.51. The smallest absolute Gasteiger partial charge is 0.299 e. The Labute approximate surface area is 296 Å². The predicted molar refractivity (Wildman–Crippen MR) is 186 cm³/mol. The van der Waals surface area contributed by atoms with Crippen LogP contribution >= 0.6 is 11.3 Å². The summed E-state index contributed by atoms with van der Waals surface area (Å²) >= 11 is 1.51. The molecule has 0 saturated carbocycles. The van der Waals surface area contributed by atoms with E-state index < -0.39 is 42.2 Å². The van der Waals surface area contributed by atoms with Crippen LogP contribution < -0.4 is 10.2 Å². The minimum Gasteiger partial charge on any atom is -0.346 e. The topological polar surface area (TPSA) is 117 Å². The van der Waals surface area contributed by atoms with Crippen LogP contribution in [0.25, 0.3) is 21.8 Å². The number of amides is 3. The van der Waals surface area contributed by atoms with Gasteiger partial charge in [-0.2, -0.15) is 8.78 Å². The molecule has 0 radical (unpaired) electrons. The molecule has 13 heteroatoms. The number of thiophene rings is 1. The van der Waals surface area contributed by atoms with Crippen molar-refractivity contribution in [1.82, 2.24) is 20.2 Å². The molecule has 2 aromatic heterocycles. The normalized spacial score (nSPS) is 18.7. The number of likely N-dealkylation sites (tertiary alicyclic amines) is 1. The number of nitrogens with one attached hydrogen (secondary N) is 2. The van der Waals surface area contributed by atoms with Crippen LogP contribution in [-0.2, 0) is 25.0 Å². The van der Waals surface area contributed by atoms with Crippen LogP contribution in [0.5, 0.6) is 0 Å². The van der Waals surface area contributed by atoms with Crippen molar-refractivity contribution in [3.8, 4) is 21.8 Å². The quantitative estimate of drug-likeness (QED) is 0.201. The second-order valence-electron chi connectivity index (χ2n) is 12.8. The Morgan fingerprint density at radius 1 is 1.00 bits per heavy atom. The number of H-pyrrole nitrogens is 1. The van der Waals surface area contributed by atoms with Crippen molar-refractivity contribution in [1.29, 1.82) is 0 Å². The maximum absolute atomic E-state index is 15.1. The van der Waals surface area contributed by atoms with Crippen molar-refractivity contribution in [2.24, 2.45) is 0 Å². The van der Waals surface area contributed by atoms with Crippen LogP contribution in [0, 0.1) is 0 Å². The molecular formula is C38H33F2N5O5S. The molecule has 2 saturated heterocycles. The summed E-state index contributed by atoms with van der Waals surface area (Å²) in [5.74, 6) is -5.03. The van der Waals surface area contributed by atoms with E-state index in [0.717, 1.165) is 15.6 Å². The number of nitrogens with zero attached hydrogens (tertiary/aromatic N) is 3. The van der Waals surface area contributed by atoms with Crippen molar-refractivity contribution < 1.29 is 32.6 Å². The lowest BCUT2D eigenvalue weighted by molar-refractivity contribution is -0.152. The first-order chi connectivity index (χ1) is 24.6. The highest BCUT2D eigenvalue weighted by Crippen LogP contribution is 2.51. The van der Waals surface area contributed by atoms with Gasteiger partial charge >= 0.3 is 0 Å². The van der Waals surface area contributed by atoms with Crippen molar-refractivity contribution in [3.05, 3.63) is 119 Å². The van der Waals surface area contributed by atoms with Crippen LogP contribution in [0.4, 0.5) is 14.5 Å². The second-order valence-corrected chi connectivity index (χ2v) is 13.9. The summed E-state index contributed by atoms with van der Waals surface area (Å²) in [6.45, 7) is 2.16. The van der Waals surface area contributed by atoms with Crippen molar-refractivity contribution in [3.63, 3.8) is 0 Å². The van der Waals surface area contributed by atoms with Crippen LogP contribution in [0.3, 0.4) is 0 Å². The molecular weight excluding hydrogens is 677 g/mol. The number of anilines is 1. The van der Waals surface area contributed by atoms with Gasteiger partial charge in [-0.05, 0) is 54.4 Å². The number of hydrogen-bond donors (Lipinski definition) is 2. The van der Waals surface area contributed by atoms with E-state index in [9.17, 15) is 14.4 Å². The molecule has 2 atom stereocenters. The lowest BCUT2D eigenvalue weighted by Gasteiger charge is -2.33. The van der Waals surface area contributed by atoms with Gasteiger partial charge in [-0.15, -0.1) is 11.3 Å². The number of ether oxygens (including phenoxy) is 2. The number of halogens is 2. The van der Waals surface area contributed by atoms with Crippen LogP contribution in [0.15, 0.2) is 97.3 Å². The number of alkyl halides is 2. The van der Waals surface area contributed by atoms with E-state index in [2.05, 4.69) is 15.3 Å². The minimum absolute atomic E-state index is 0.00146. The number of benzene rings is 3. The Balaban J connectivity index is 1.04.